The topological polar surface area (TPSA) is 49.3 Å². The highest BCUT2D eigenvalue weighted by Gasteiger charge is 2.07. The summed E-state index contributed by atoms with van der Waals surface area (Å²) in [6.07, 6.45) is 2.57. The van der Waals surface area contributed by atoms with Crippen molar-refractivity contribution in [2.75, 3.05) is 6.54 Å². The van der Waals surface area contributed by atoms with Crippen molar-refractivity contribution < 1.29 is 9.90 Å². The summed E-state index contributed by atoms with van der Waals surface area (Å²) in [4.78, 5) is 11.8. The van der Waals surface area contributed by atoms with Crippen molar-refractivity contribution in [2.24, 2.45) is 0 Å². The fourth-order valence-electron chi connectivity index (χ4n) is 1.99. The maximum Gasteiger partial charge on any atom is 0.244 e. The smallest absolute Gasteiger partial charge is 0.244 e. The molecule has 0 heterocycles. The van der Waals surface area contributed by atoms with Gasteiger partial charge in [0.15, 0.2) is 0 Å². The third kappa shape index (κ3) is 4.58. The fraction of sp³-hybridized carbons (Fsp3) is 0.167. The van der Waals surface area contributed by atoms with Crippen LogP contribution < -0.4 is 5.32 Å². The molecule has 0 saturated carbocycles. The Bertz CT molecular complexity index is 620. The number of hydrogen-bond donors (Lipinski definition) is 2. The molecule has 2 aromatic rings. The second-order valence-electron chi connectivity index (χ2n) is 4.86. The van der Waals surface area contributed by atoms with Gasteiger partial charge in [0.1, 0.15) is 0 Å². The minimum atomic E-state index is -0.693. The summed E-state index contributed by atoms with van der Waals surface area (Å²) >= 11 is 0. The molecule has 0 bridgehead atoms. The van der Waals surface area contributed by atoms with Crippen molar-refractivity contribution in [3.05, 3.63) is 77.4 Å². The number of carbonyl (C=O) groups is 1. The summed E-state index contributed by atoms with van der Waals surface area (Å²) in [5, 5.41) is 12.7. The first-order chi connectivity index (χ1) is 10.2. The lowest BCUT2D eigenvalue weighted by molar-refractivity contribution is -0.116. The Morgan fingerprint density at radius 1 is 1.14 bits per heavy atom. The highest BCUT2D eigenvalue weighted by Crippen LogP contribution is 2.11. The van der Waals surface area contributed by atoms with E-state index in [0.717, 1.165) is 16.7 Å². The Morgan fingerprint density at radius 3 is 2.52 bits per heavy atom. The molecule has 2 rings (SSSR count). The van der Waals surface area contributed by atoms with Gasteiger partial charge in [-0.15, -0.1) is 0 Å². The SMILES string of the molecule is Cc1ccccc1/C=C/C(=O)NCC(O)c1ccccc1. The van der Waals surface area contributed by atoms with Crippen LogP contribution in [0.2, 0.25) is 0 Å². The summed E-state index contributed by atoms with van der Waals surface area (Å²) in [6, 6.07) is 17.1. The van der Waals surface area contributed by atoms with Gasteiger partial charge in [-0.05, 0) is 29.7 Å². The monoisotopic (exact) mass is 281 g/mol. The van der Waals surface area contributed by atoms with Gasteiger partial charge in [0.2, 0.25) is 5.91 Å². The molecule has 0 spiro atoms. The Balaban J connectivity index is 1.87. The van der Waals surface area contributed by atoms with E-state index >= 15 is 0 Å². The molecule has 3 nitrogen and oxygen atoms in total. The molecule has 108 valence electrons. The summed E-state index contributed by atoms with van der Waals surface area (Å²) in [5.41, 5.74) is 2.92. The van der Waals surface area contributed by atoms with Crippen LogP contribution in [0.1, 0.15) is 22.8 Å². The lowest BCUT2D eigenvalue weighted by Gasteiger charge is -2.11. The van der Waals surface area contributed by atoms with E-state index in [1.807, 2.05) is 61.5 Å². The molecular formula is C18H19NO2. The zero-order valence-electron chi connectivity index (χ0n) is 12.0. The van der Waals surface area contributed by atoms with Gasteiger partial charge in [0.05, 0.1) is 6.10 Å². The lowest BCUT2D eigenvalue weighted by Crippen LogP contribution is -2.26. The van der Waals surface area contributed by atoms with Gasteiger partial charge in [-0.25, -0.2) is 0 Å². The summed E-state index contributed by atoms with van der Waals surface area (Å²) in [7, 11) is 0. The first-order valence-corrected chi connectivity index (χ1v) is 6.91. The predicted molar refractivity (Wildman–Crippen MR) is 84.6 cm³/mol. The molecule has 0 aliphatic heterocycles. The van der Waals surface area contributed by atoms with Gasteiger partial charge in [-0.2, -0.15) is 0 Å². The van der Waals surface area contributed by atoms with Crippen LogP contribution in [0.3, 0.4) is 0 Å². The third-order valence-electron chi connectivity index (χ3n) is 3.26. The van der Waals surface area contributed by atoms with Gasteiger partial charge in [0.25, 0.3) is 0 Å². The summed E-state index contributed by atoms with van der Waals surface area (Å²) < 4.78 is 0. The molecule has 2 N–H and O–H groups in total. The number of aryl methyl sites for hydroxylation is 1. The molecule has 3 heteroatoms. The Morgan fingerprint density at radius 2 is 1.81 bits per heavy atom. The van der Waals surface area contributed by atoms with E-state index in [9.17, 15) is 9.90 Å². The van der Waals surface area contributed by atoms with Crippen molar-refractivity contribution in [3.8, 4) is 0 Å². The quantitative estimate of drug-likeness (QED) is 0.828. The number of nitrogens with one attached hydrogen (secondary N) is 1. The lowest BCUT2D eigenvalue weighted by atomic mass is 10.1. The second kappa shape index (κ2) is 7.41. The molecule has 0 aliphatic carbocycles. The number of benzene rings is 2. The average Bonchev–Trinajstić information content (AvgIpc) is 2.52. The van der Waals surface area contributed by atoms with Crippen LogP contribution >= 0.6 is 0 Å². The molecule has 0 aromatic heterocycles. The highest BCUT2D eigenvalue weighted by molar-refractivity contribution is 5.91. The Kier molecular flexibility index (Phi) is 5.29. The molecule has 2 aromatic carbocycles. The van der Waals surface area contributed by atoms with Crippen LogP contribution in [0, 0.1) is 6.92 Å². The second-order valence-corrected chi connectivity index (χ2v) is 4.86. The van der Waals surface area contributed by atoms with E-state index in [2.05, 4.69) is 5.32 Å². The zero-order valence-corrected chi connectivity index (χ0v) is 12.0. The zero-order chi connectivity index (χ0) is 15.1. The van der Waals surface area contributed by atoms with Gasteiger partial charge >= 0.3 is 0 Å². The summed E-state index contributed by atoms with van der Waals surface area (Å²) in [5.74, 6) is -0.215. The van der Waals surface area contributed by atoms with Crippen LogP contribution in [-0.4, -0.2) is 17.6 Å². The van der Waals surface area contributed by atoms with Crippen LogP contribution in [0.4, 0.5) is 0 Å². The van der Waals surface area contributed by atoms with Gasteiger partial charge in [-0.3, -0.25) is 4.79 Å². The fourth-order valence-corrected chi connectivity index (χ4v) is 1.99. The minimum Gasteiger partial charge on any atom is -0.387 e. The molecule has 1 amide bonds. The number of hydrogen-bond acceptors (Lipinski definition) is 2. The van der Waals surface area contributed by atoms with Crippen molar-refractivity contribution in [1.29, 1.82) is 0 Å². The first-order valence-electron chi connectivity index (χ1n) is 6.91. The van der Waals surface area contributed by atoms with E-state index in [1.54, 1.807) is 6.08 Å². The number of amides is 1. The van der Waals surface area contributed by atoms with E-state index in [1.165, 1.54) is 6.08 Å². The standard InChI is InChI=1S/C18H19NO2/c1-14-7-5-6-8-15(14)11-12-18(21)19-13-17(20)16-9-3-2-4-10-16/h2-12,17,20H,13H2,1H3,(H,19,21)/b12-11+. The van der Waals surface area contributed by atoms with Gasteiger partial charge in [0, 0.05) is 12.6 Å². The van der Waals surface area contributed by atoms with Crippen LogP contribution in [-0.2, 0) is 4.79 Å². The molecule has 1 atom stereocenters. The normalized spacial score (nSPS) is 12.3. The van der Waals surface area contributed by atoms with E-state index in [-0.39, 0.29) is 12.5 Å². The van der Waals surface area contributed by atoms with Crippen molar-refractivity contribution in [3.63, 3.8) is 0 Å². The van der Waals surface area contributed by atoms with Crippen LogP contribution in [0.25, 0.3) is 6.08 Å². The number of aliphatic hydroxyl groups is 1. The molecule has 1 unspecified atom stereocenters. The Labute approximate surface area is 124 Å². The third-order valence-corrected chi connectivity index (χ3v) is 3.26. The largest absolute Gasteiger partial charge is 0.387 e. The number of carbonyl (C=O) groups excluding carboxylic acids is 1. The highest BCUT2D eigenvalue weighted by atomic mass is 16.3. The molecule has 0 saturated heterocycles. The maximum atomic E-state index is 11.8. The average molecular weight is 281 g/mol. The molecule has 0 aliphatic rings. The van der Waals surface area contributed by atoms with E-state index in [0.29, 0.717) is 0 Å². The number of aliphatic hydroxyl groups excluding tert-OH is 1. The van der Waals surface area contributed by atoms with Crippen molar-refractivity contribution in [2.45, 2.75) is 13.0 Å². The first kappa shape index (κ1) is 15.0. The maximum absolute atomic E-state index is 11.8. The number of rotatable bonds is 5. The molecule has 0 fully saturated rings. The van der Waals surface area contributed by atoms with Crippen molar-refractivity contribution >= 4 is 12.0 Å². The molecular weight excluding hydrogens is 262 g/mol. The van der Waals surface area contributed by atoms with Gasteiger partial charge < -0.3 is 10.4 Å². The van der Waals surface area contributed by atoms with Crippen LogP contribution in [0.15, 0.2) is 60.7 Å². The minimum absolute atomic E-state index is 0.195. The van der Waals surface area contributed by atoms with Crippen molar-refractivity contribution in [1.82, 2.24) is 5.32 Å². The van der Waals surface area contributed by atoms with E-state index in [4.69, 9.17) is 0 Å². The van der Waals surface area contributed by atoms with Crippen LogP contribution in [0.5, 0.6) is 0 Å². The molecule has 0 radical (unpaired) electrons. The Hall–Kier alpha value is -2.39. The summed E-state index contributed by atoms with van der Waals surface area (Å²) in [6.45, 7) is 2.19. The van der Waals surface area contributed by atoms with Gasteiger partial charge in [-0.1, -0.05) is 54.6 Å². The molecule has 21 heavy (non-hydrogen) atoms. The van der Waals surface area contributed by atoms with E-state index < -0.39 is 6.10 Å². The predicted octanol–water partition coefficient (Wildman–Crippen LogP) is 2.86.